The molecule has 2 heterocycles. The average molecular weight is 607 g/mol. The zero-order valence-electron chi connectivity index (χ0n) is 25.0. The molecule has 12 heteroatoms. The summed E-state index contributed by atoms with van der Waals surface area (Å²) in [5.74, 6) is -2.85. The van der Waals surface area contributed by atoms with Gasteiger partial charge in [0.05, 0.1) is 13.2 Å². The second-order valence-corrected chi connectivity index (χ2v) is 11.4. The Morgan fingerprint density at radius 3 is 1.88 bits per heavy atom. The van der Waals surface area contributed by atoms with Crippen LogP contribution in [-0.4, -0.2) is 116 Å². The molecule has 246 valence electrons. The summed E-state index contributed by atoms with van der Waals surface area (Å²) in [4.78, 5) is 12.4. The summed E-state index contributed by atoms with van der Waals surface area (Å²) in [5, 5.41) is 70.4. The number of rotatable bonds is 21. The van der Waals surface area contributed by atoms with Crippen LogP contribution in [-0.2, 0) is 23.7 Å². The molecule has 0 aliphatic carbocycles. The molecule has 2 aliphatic rings. The van der Waals surface area contributed by atoms with E-state index in [0.29, 0.717) is 6.42 Å². The lowest BCUT2D eigenvalue weighted by Gasteiger charge is -2.43. The smallest absolute Gasteiger partial charge is 0.305 e. The van der Waals surface area contributed by atoms with E-state index in [-0.39, 0.29) is 6.42 Å². The maximum Gasteiger partial charge on any atom is 0.305 e. The Labute approximate surface area is 249 Å². The van der Waals surface area contributed by atoms with Crippen LogP contribution in [0.15, 0.2) is 12.2 Å². The van der Waals surface area contributed by atoms with Gasteiger partial charge in [-0.15, -0.1) is 0 Å². The molecule has 0 bridgehead atoms. The number of carbonyl (C=O) groups is 1. The number of carbonyl (C=O) groups excluding carboxylic acids is 1. The first-order chi connectivity index (χ1) is 20.2. The summed E-state index contributed by atoms with van der Waals surface area (Å²) in [7, 11) is 0. The van der Waals surface area contributed by atoms with Crippen LogP contribution in [0, 0.1) is 0 Å². The molecule has 0 radical (unpaired) electrons. The van der Waals surface area contributed by atoms with Crippen LogP contribution in [0.25, 0.3) is 0 Å². The van der Waals surface area contributed by atoms with E-state index >= 15 is 0 Å². The van der Waals surface area contributed by atoms with Gasteiger partial charge >= 0.3 is 5.97 Å². The van der Waals surface area contributed by atoms with Gasteiger partial charge in [0.1, 0.15) is 49.3 Å². The third-order valence-corrected chi connectivity index (χ3v) is 7.93. The second kappa shape index (κ2) is 20.0. The lowest BCUT2D eigenvalue weighted by atomic mass is 9.99. The van der Waals surface area contributed by atoms with Gasteiger partial charge in [0, 0.05) is 6.42 Å². The van der Waals surface area contributed by atoms with Gasteiger partial charge in [0.25, 0.3) is 0 Å². The molecular weight excluding hydrogens is 552 g/mol. The first kappa shape index (κ1) is 37.0. The zero-order valence-corrected chi connectivity index (χ0v) is 25.0. The van der Waals surface area contributed by atoms with Gasteiger partial charge in [0.15, 0.2) is 6.29 Å². The fourth-order valence-corrected chi connectivity index (χ4v) is 5.21. The molecule has 0 unspecified atom stereocenters. The second-order valence-electron chi connectivity index (χ2n) is 11.4. The molecule has 0 amide bonds. The minimum Gasteiger partial charge on any atom is -0.460 e. The van der Waals surface area contributed by atoms with E-state index in [0.717, 1.165) is 38.5 Å². The Morgan fingerprint density at radius 1 is 0.738 bits per heavy atom. The van der Waals surface area contributed by atoms with Crippen molar-refractivity contribution in [3.8, 4) is 0 Å². The predicted molar refractivity (Wildman–Crippen MR) is 152 cm³/mol. The van der Waals surface area contributed by atoms with Crippen molar-refractivity contribution in [2.45, 2.75) is 152 Å². The predicted octanol–water partition coefficient (Wildman–Crippen LogP) is 1.19. The largest absolute Gasteiger partial charge is 0.460 e. The minimum absolute atomic E-state index is 0.108. The average Bonchev–Trinajstić information content (AvgIpc) is 3.23. The lowest BCUT2D eigenvalue weighted by Crippen LogP contribution is -2.62. The van der Waals surface area contributed by atoms with Crippen molar-refractivity contribution < 1.29 is 59.5 Å². The van der Waals surface area contributed by atoms with Crippen molar-refractivity contribution >= 4 is 5.97 Å². The Kier molecular flexibility index (Phi) is 17.6. The van der Waals surface area contributed by atoms with Crippen LogP contribution < -0.4 is 0 Å². The van der Waals surface area contributed by atoms with Crippen LogP contribution in [0.1, 0.15) is 96.8 Å². The molecule has 7 N–H and O–H groups in total. The molecule has 12 nitrogen and oxygen atoms in total. The van der Waals surface area contributed by atoms with E-state index in [1.165, 1.54) is 38.5 Å². The van der Waals surface area contributed by atoms with Crippen LogP contribution in [0.3, 0.4) is 0 Å². The highest BCUT2D eigenvalue weighted by Gasteiger charge is 2.59. The van der Waals surface area contributed by atoms with Gasteiger partial charge in [-0.25, -0.2) is 0 Å². The van der Waals surface area contributed by atoms with Crippen molar-refractivity contribution in [1.82, 2.24) is 0 Å². The SMILES string of the molecule is CCCCCCCC/C=C\CCCCCCCC(=O)OC[C@@]1(O[C@H]2O[C@H](CO)[C@@H](O)[C@H](O)[C@H]2O)O[C@H](CO)[C@@H](O)[C@@H]1O. The molecule has 0 aromatic heterocycles. The maximum atomic E-state index is 12.4. The van der Waals surface area contributed by atoms with Crippen molar-refractivity contribution in [3.63, 3.8) is 0 Å². The summed E-state index contributed by atoms with van der Waals surface area (Å²) < 4.78 is 21.8. The molecule has 0 aromatic rings. The highest BCUT2D eigenvalue weighted by Crippen LogP contribution is 2.36. The number of esters is 1. The van der Waals surface area contributed by atoms with Crippen molar-refractivity contribution in [2.24, 2.45) is 0 Å². The maximum absolute atomic E-state index is 12.4. The quantitative estimate of drug-likeness (QED) is 0.0561. The van der Waals surface area contributed by atoms with Crippen LogP contribution >= 0.6 is 0 Å². The monoisotopic (exact) mass is 606 g/mol. The van der Waals surface area contributed by atoms with Gasteiger partial charge < -0.3 is 54.7 Å². The number of hydrogen-bond donors (Lipinski definition) is 7. The standard InChI is InChI=1S/C30H54O12/c1-2-3-4-5-6-7-8-9-10-11-12-13-14-15-16-17-23(33)39-20-30(28(38)25(35)22(19-32)41-30)42-29-27(37)26(36)24(34)21(18-31)40-29/h9-10,21-22,24-29,31-32,34-38H,2-8,11-20H2,1H3/b10-9-/t21-,22-,24-,25-,26+,27-,28+,29-,30+/m1/s1. The molecule has 2 fully saturated rings. The molecule has 2 saturated heterocycles. The zero-order chi connectivity index (χ0) is 31.0. The molecule has 0 saturated carbocycles. The number of aliphatic hydroxyl groups excluding tert-OH is 7. The van der Waals surface area contributed by atoms with E-state index < -0.39 is 80.6 Å². The summed E-state index contributed by atoms with van der Waals surface area (Å²) in [6, 6.07) is 0. The van der Waals surface area contributed by atoms with Crippen molar-refractivity contribution in [3.05, 3.63) is 12.2 Å². The molecule has 0 aromatic carbocycles. The Hall–Kier alpha value is -1.19. The normalized spacial score (nSPS) is 33.4. The van der Waals surface area contributed by atoms with Crippen molar-refractivity contribution in [1.29, 1.82) is 0 Å². The van der Waals surface area contributed by atoms with E-state index in [1.54, 1.807) is 0 Å². The first-order valence-electron chi connectivity index (χ1n) is 15.6. The third kappa shape index (κ3) is 11.4. The minimum atomic E-state index is -2.25. The lowest BCUT2D eigenvalue weighted by molar-refractivity contribution is -0.383. The molecule has 42 heavy (non-hydrogen) atoms. The number of allylic oxidation sites excluding steroid dienone is 2. The fraction of sp³-hybridized carbons (Fsp3) is 0.900. The molecule has 2 rings (SSSR count). The van der Waals surface area contributed by atoms with Gasteiger partial charge in [0.2, 0.25) is 5.79 Å². The molecule has 9 atom stereocenters. The van der Waals surface area contributed by atoms with E-state index in [1.807, 2.05) is 0 Å². The summed E-state index contributed by atoms with van der Waals surface area (Å²) in [6.45, 7) is 0.111. The summed E-state index contributed by atoms with van der Waals surface area (Å²) in [5.41, 5.74) is 0. The molecule has 2 aliphatic heterocycles. The van der Waals surface area contributed by atoms with Gasteiger partial charge in [-0.2, -0.15) is 0 Å². The number of aliphatic hydroxyl groups is 7. The van der Waals surface area contributed by atoms with Crippen LogP contribution in [0.2, 0.25) is 0 Å². The Balaban J connectivity index is 1.72. The molecule has 0 spiro atoms. The number of ether oxygens (including phenoxy) is 4. The number of unbranched alkanes of at least 4 members (excludes halogenated alkanes) is 11. The highest BCUT2D eigenvalue weighted by molar-refractivity contribution is 5.69. The van der Waals surface area contributed by atoms with Gasteiger partial charge in [-0.3, -0.25) is 4.79 Å². The topological polar surface area (TPSA) is 196 Å². The first-order valence-corrected chi connectivity index (χ1v) is 15.6. The van der Waals surface area contributed by atoms with Crippen LogP contribution in [0.5, 0.6) is 0 Å². The van der Waals surface area contributed by atoms with Crippen LogP contribution in [0.4, 0.5) is 0 Å². The summed E-state index contributed by atoms with van der Waals surface area (Å²) in [6.07, 6.45) is 6.23. The van der Waals surface area contributed by atoms with Gasteiger partial charge in [-0.1, -0.05) is 70.4 Å². The number of hydrogen-bond acceptors (Lipinski definition) is 12. The van der Waals surface area contributed by atoms with E-state index in [9.17, 15) is 40.5 Å². The Morgan fingerprint density at radius 2 is 1.31 bits per heavy atom. The highest BCUT2D eigenvalue weighted by atomic mass is 16.8. The van der Waals surface area contributed by atoms with Crippen molar-refractivity contribution in [2.75, 3.05) is 19.8 Å². The molecular formula is C30H54O12. The summed E-state index contributed by atoms with van der Waals surface area (Å²) >= 11 is 0. The van der Waals surface area contributed by atoms with E-state index in [2.05, 4.69) is 19.1 Å². The van der Waals surface area contributed by atoms with E-state index in [4.69, 9.17) is 18.9 Å². The Bertz CT molecular complexity index is 765. The van der Waals surface area contributed by atoms with Gasteiger partial charge in [-0.05, 0) is 32.1 Å². The third-order valence-electron chi connectivity index (χ3n) is 7.93. The fourth-order valence-electron chi connectivity index (χ4n) is 5.21.